The lowest BCUT2D eigenvalue weighted by molar-refractivity contribution is 0.0689. The maximum Gasteiger partial charge on any atom is 0.355 e. The second-order valence-corrected chi connectivity index (χ2v) is 7.40. The molecule has 0 saturated heterocycles. The van der Waals surface area contributed by atoms with E-state index in [0.29, 0.717) is 34.2 Å². The number of carbonyl (C=O) groups is 1. The summed E-state index contributed by atoms with van der Waals surface area (Å²) in [7, 11) is 0. The van der Waals surface area contributed by atoms with Crippen molar-refractivity contribution in [3.63, 3.8) is 0 Å². The topological polar surface area (TPSA) is 45.5 Å². The van der Waals surface area contributed by atoms with Crippen molar-refractivity contribution in [3.8, 4) is 5.69 Å². The Hall–Kier alpha value is -2.17. The fraction of sp³-hybridized carbons (Fsp3) is 0.286. The summed E-state index contributed by atoms with van der Waals surface area (Å²) in [6.45, 7) is 9.30. The van der Waals surface area contributed by atoms with Gasteiger partial charge < -0.3 is 14.6 Å². The number of aromatic nitrogens is 1. The first-order valence-corrected chi connectivity index (χ1v) is 9.65. The molecule has 0 aliphatic heterocycles. The molecule has 3 aromatic rings. The van der Waals surface area contributed by atoms with Crippen molar-refractivity contribution < 1.29 is 9.90 Å². The Labute approximate surface area is 168 Å². The minimum atomic E-state index is -1.00. The van der Waals surface area contributed by atoms with E-state index in [1.807, 2.05) is 50.8 Å². The van der Waals surface area contributed by atoms with Crippen molar-refractivity contribution in [2.45, 2.75) is 27.7 Å². The normalized spacial score (nSPS) is 11.2. The molecule has 27 heavy (non-hydrogen) atoms. The molecule has 2 aromatic carbocycles. The van der Waals surface area contributed by atoms with Crippen molar-refractivity contribution in [2.75, 3.05) is 18.0 Å². The van der Waals surface area contributed by atoms with Crippen LogP contribution in [0.25, 0.3) is 16.6 Å². The highest BCUT2D eigenvalue weighted by atomic mass is 35.5. The van der Waals surface area contributed by atoms with Gasteiger partial charge in [0, 0.05) is 24.2 Å². The van der Waals surface area contributed by atoms with Gasteiger partial charge in [-0.25, -0.2) is 4.79 Å². The third kappa shape index (κ3) is 3.28. The van der Waals surface area contributed by atoms with Crippen molar-refractivity contribution in [1.82, 2.24) is 4.57 Å². The number of fused-ring (bicyclic) bond motifs is 1. The number of carboxylic acids is 1. The number of benzene rings is 2. The van der Waals surface area contributed by atoms with Crippen LogP contribution in [0.5, 0.6) is 0 Å². The van der Waals surface area contributed by atoms with Gasteiger partial charge in [-0.3, -0.25) is 0 Å². The molecule has 1 N–H and O–H groups in total. The summed E-state index contributed by atoms with van der Waals surface area (Å²) in [4.78, 5) is 14.4. The molecule has 0 aliphatic rings. The summed E-state index contributed by atoms with van der Waals surface area (Å²) in [6, 6.07) is 9.56. The van der Waals surface area contributed by atoms with Gasteiger partial charge in [0.2, 0.25) is 0 Å². The smallest absolute Gasteiger partial charge is 0.355 e. The average Bonchev–Trinajstić information content (AvgIpc) is 2.94. The fourth-order valence-corrected chi connectivity index (χ4v) is 4.10. The van der Waals surface area contributed by atoms with Gasteiger partial charge in [-0.1, -0.05) is 29.3 Å². The van der Waals surface area contributed by atoms with Crippen molar-refractivity contribution >= 4 is 45.8 Å². The number of halogens is 2. The third-order valence-electron chi connectivity index (χ3n) is 4.75. The van der Waals surface area contributed by atoms with Gasteiger partial charge in [-0.15, -0.1) is 0 Å². The molecule has 0 radical (unpaired) electrons. The van der Waals surface area contributed by atoms with E-state index in [4.69, 9.17) is 23.2 Å². The molecule has 6 heteroatoms. The Balaban J connectivity index is 2.55. The van der Waals surface area contributed by atoms with Crippen LogP contribution in [-0.4, -0.2) is 28.7 Å². The molecule has 142 valence electrons. The van der Waals surface area contributed by atoms with E-state index < -0.39 is 5.97 Å². The molecule has 0 saturated carbocycles. The Morgan fingerprint density at radius 3 is 2.19 bits per heavy atom. The standard InChI is InChI=1S/C21H22Cl2N2O2/c1-5-24(6-2)19-17-16(8-7-15(22)18(17)23)25(20(19)21(26)27)14-10-12(3)9-13(4)11-14/h7-11H,5-6H2,1-4H3,(H,26,27). The van der Waals surface area contributed by atoms with Crippen LogP contribution in [-0.2, 0) is 0 Å². The van der Waals surface area contributed by atoms with Gasteiger partial charge in [-0.05, 0) is 63.1 Å². The summed E-state index contributed by atoms with van der Waals surface area (Å²) < 4.78 is 1.77. The molecule has 0 fully saturated rings. The van der Waals surface area contributed by atoms with Crippen LogP contribution in [0.3, 0.4) is 0 Å². The Bertz CT molecular complexity index is 1020. The highest BCUT2D eigenvalue weighted by molar-refractivity contribution is 6.46. The maximum atomic E-state index is 12.4. The van der Waals surface area contributed by atoms with Gasteiger partial charge in [-0.2, -0.15) is 0 Å². The van der Waals surface area contributed by atoms with Crippen LogP contribution in [0, 0.1) is 13.8 Å². The number of nitrogens with zero attached hydrogens (tertiary/aromatic N) is 2. The van der Waals surface area contributed by atoms with Gasteiger partial charge in [0.15, 0.2) is 5.69 Å². The van der Waals surface area contributed by atoms with Crippen molar-refractivity contribution in [1.29, 1.82) is 0 Å². The number of hydrogen-bond donors (Lipinski definition) is 1. The molecule has 0 atom stereocenters. The van der Waals surface area contributed by atoms with Gasteiger partial charge in [0.1, 0.15) is 0 Å². The Morgan fingerprint density at radius 1 is 1.07 bits per heavy atom. The molecule has 0 amide bonds. The van der Waals surface area contributed by atoms with E-state index in [2.05, 4.69) is 6.07 Å². The highest BCUT2D eigenvalue weighted by Crippen LogP contribution is 2.43. The van der Waals surface area contributed by atoms with Crippen LogP contribution < -0.4 is 4.90 Å². The lowest BCUT2D eigenvalue weighted by Crippen LogP contribution is -2.24. The number of hydrogen-bond acceptors (Lipinski definition) is 2. The van der Waals surface area contributed by atoms with Crippen LogP contribution in [0.1, 0.15) is 35.5 Å². The van der Waals surface area contributed by atoms with Gasteiger partial charge in [0.05, 0.1) is 21.2 Å². The highest BCUT2D eigenvalue weighted by Gasteiger charge is 2.28. The number of rotatable bonds is 5. The SMILES string of the molecule is CCN(CC)c1c(C(=O)O)n(-c2cc(C)cc(C)c2)c2ccc(Cl)c(Cl)c12. The molecule has 4 nitrogen and oxygen atoms in total. The first-order valence-electron chi connectivity index (χ1n) is 8.89. The van der Waals surface area contributed by atoms with Crippen LogP contribution >= 0.6 is 23.2 Å². The third-order valence-corrected chi connectivity index (χ3v) is 5.55. The van der Waals surface area contributed by atoms with Crippen molar-refractivity contribution in [2.24, 2.45) is 0 Å². The second-order valence-electron chi connectivity index (χ2n) is 6.61. The van der Waals surface area contributed by atoms with Gasteiger partial charge >= 0.3 is 5.97 Å². The Morgan fingerprint density at radius 2 is 1.67 bits per heavy atom. The molecule has 0 unspecified atom stereocenters. The number of aromatic carboxylic acids is 1. The second kappa shape index (κ2) is 7.45. The lowest BCUT2D eigenvalue weighted by atomic mass is 10.1. The molecule has 1 aromatic heterocycles. The monoisotopic (exact) mass is 404 g/mol. The van der Waals surface area contributed by atoms with Gasteiger partial charge in [0.25, 0.3) is 0 Å². The predicted octanol–water partition coefficient (Wildman–Crippen LogP) is 6.10. The largest absolute Gasteiger partial charge is 0.476 e. The minimum Gasteiger partial charge on any atom is -0.476 e. The molecule has 3 rings (SSSR count). The molecule has 0 spiro atoms. The zero-order valence-electron chi connectivity index (χ0n) is 15.8. The summed E-state index contributed by atoms with van der Waals surface area (Å²) in [5.74, 6) is -1.00. The summed E-state index contributed by atoms with van der Waals surface area (Å²) in [5.41, 5.74) is 4.46. The molecular formula is C21H22Cl2N2O2. The number of anilines is 1. The molecule has 0 aliphatic carbocycles. The fourth-order valence-electron chi connectivity index (χ4n) is 3.69. The first-order chi connectivity index (χ1) is 12.8. The van der Waals surface area contributed by atoms with E-state index in [-0.39, 0.29) is 5.69 Å². The van der Waals surface area contributed by atoms with E-state index in [1.54, 1.807) is 10.6 Å². The molecule has 0 bridgehead atoms. The van der Waals surface area contributed by atoms with E-state index >= 15 is 0 Å². The summed E-state index contributed by atoms with van der Waals surface area (Å²) >= 11 is 12.8. The molecular weight excluding hydrogens is 383 g/mol. The number of carboxylic acid groups (broad SMARTS) is 1. The first kappa shape index (κ1) is 19.6. The molecule has 1 heterocycles. The summed E-state index contributed by atoms with van der Waals surface area (Å²) in [5, 5.41) is 11.6. The van der Waals surface area contributed by atoms with Crippen LogP contribution in [0.2, 0.25) is 10.0 Å². The Kier molecular flexibility index (Phi) is 5.41. The summed E-state index contributed by atoms with van der Waals surface area (Å²) in [6.07, 6.45) is 0. The van der Waals surface area contributed by atoms with Crippen molar-refractivity contribution in [3.05, 3.63) is 57.2 Å². The van der Waals surface area contributed by atoms with Crippen LogP contribution in [0.4, 0.5) is 5.69 Å². The lowest BCUT2D eigenvalue weighted by Gasteiger charge is -2.22. The van der Waals surface area contributed by atoms with E-state index in [9.17, 15) is 9.90 Å². The zero-order valence-corrected chi connectivity index (χ0v) is 17.3. The minimum absolute atomic E-state index is 0.197. The quantitative estimate of drug-likeness (QED) is 0.558. The van der Waals surface area contributed by atoms with E-state index in [0.717, 1.165) is 22.3 Å². The van der Waals surface area contributed by atoms with E-state index in [1.165, 1.54) is 0 Å². The average molecular weight is 405 g/mol. The predicted molar refractivity (Wildman–Crippen MR) is 113 cm³/mol. The zero-order chi connectivity index (χ0) is 19.9. The number of aryl methyl sites for hydroxylation is 2. The van der Waals surface area contributed by atoms with Crippen LogP contribution in [0.15, 0.2) is 30.3 Å². The maximum absolute atomic E-state index is 12.4.